The molecule has 0 aliphatic heterocycles. The molecule has 0 bridgehead atoms. The Morgan fingerprint density at radius 1 is 1.27 bits per heavy atom. The lowest BCUT2D eigenvalue weighted by molar-refractivity contribution is 0.696. The molecule has 0 aliphatic rings. The molecule has 0 aliphatic carbocycles. The summed E-state index contributed by atoms with van der Waals surface area (Å²) in [4.78, 5) is 4.55. The average molecular weight is 203 g/mol. The zero-order valence-electron chi connectivity index (χ0n) is 9.70. The van der Waals surface area contributed by atoms with Gasteiger partial charge in [0.25, 0.3) is 0 Å². The highest BCUT2D eigenvalue weighted by Gasteiger charge is 2.11. The number of hydrogen-bond donors (Lipinski definition) is 1. The van der Waals surface area contributed by atoms with Gasteiger partial charge in [-0.25, -0.2) is 4.98 Å². The van der Waals surface area contributed by atoms with Gasteiger partial charge in [0.2, 0.25) is 0 Å². The highest BCUT2D eigenvalue weighted by atomic mass is 15.1. The summed E-state index contributed by atoms with van der Waals surface area (Å²) in [7, 11) is 2.02. The van der Waals surface area contributed by atoms with E-state index >= 15 is 0 Å². The van der Waals surface area contributed by atoms with E-state index in [1.807, 2.05) is 14.0 Å². The molecule has 80 valence electrons. The van der Waals surface area contributed by atoms with Crippen molar-refractivity contribution in [2.75, 3.05) is 0 Å². The molecular weight excluding hydrogens is 186 g/mol. The summed E-state index contributed by atoms with van der Waals surface area (Å²) in [5.74, 6) is 0.940. The summed E-state index contributed by atoms with van der Waals surface area (Å²) in [6.07, 6.45) is 0. The number of aryl methyl sites for hydroxylation is 3. The van der Waals surface area contributed by atoms with Crippen molar-refractivity contribution < 1.29 is 0 Å². The number of rotatable bonds is 1. The Balaban J connectivity index is 2.77. The minimum Gasteiger partial charge on any atom is -0.330 e. The van der Waals surface area contributed by atoms with E-state index in [-0.39, 0.29) is 6.04 Å². The third-order valence-corrected chi connectivity index (χ3v) is 2.94. The molecule has 0 spiro atoms. The fourth-order valence-electron chi connectivity index (χ4n) is 1.87. The summed E-state index contributed by atoms with van der Waals surface area (Å²) in [5.41, 5.74) is 10.6. The molecule has 2 aromatic rings. The average Bonchev–Trinajstić information content (AvgIpc) is 2.46. The first-order valence-corrected chi connectivity index (χ1v) is 5.20. The molecule has 15 heavy (non-hydrogen) atoms. The van der Waals surface area contributed by atoms with Crippen molar-refractivity contribution in [3.05, 3.63) is 29.1 Å². The van der Waals surface area contributed by atoms with Crippen LogP contribution in [0, 0.1) is 13.8 Å². The molecule has 1 heterocycles. The van der Waals surface area contributed by atoms with Gasteiger partial charge in [0.05, 0.1) is 17.1 Å². The lowest BCUT2D eigenvalue weighted by atomic mass is 10.1. The van der Waals surface area contributed by atoms with E-state index in [0.29, 0.717) is 0 Å². The van der Waals surface area contributed by atoms with Crippen LogP contribution < -0.4 is 5.73 Å². The van der Waals surface area contributed by atoms with Crippen molar-refractivity contribution in [1.29, 1.82) is 0 Å². The van der Waals surface area contributed by atoms with Gasteiger partial charge in [-0.1, -0.05) is 0 Å². The second-order valence-corrected chi connectivity index (χ2v) is 4.24. The molecule has 1 aromatic carbocycles. The first-order chi connectivity index (χ1) is 7.00. The van der Waals surface area contributed by atoms with E-state index in [9.17, 15) is 0 Å². The van der Waals surface area contributed by atoms with Crippen molar-refractivity contribution in [3.8, 4) is 0 Å². The Bertz CT molecular complexity index is 509. The topological polar surface area (TPSA) is 43.8 Å². The molecule has 0 radical (unpaired) electrons. The molecule has 0 saturated carbocycles. The largest absolute Gasteiger partial charge is 0.330 e. The van der Waals surface area contributed by atoms with Crippen LogP contribution in [0.2, 0.25) is 0 Å². The van der Waals surface area contributed by atoms with E-state index in [1.165, 1.54) is 11.1 Å². The summed E-state index contributed by atoms with van der Waals surface area (Å²) in [6, 6.07) is 4.27. The molecule has 1 atom stereocenters. The fraction of sp³-hybridized carbons (Fsp3) is 0.417. The van der Waals surface area contributed by atoms with Crippen LogP contribution in [0.1, 0.15) is 29.9 Å². The molecule has 1 aromatic heterocycles. The Labute approximate surface area is 89.9 Å². The summed E-state index contributed by atoms with van der Waals surface area (Å²) in [5, 5.41) is 0. The van der Waals surface area contributed by atoms with Crippen LogP contribution >= 0.6 is 0 Å². The van der Waals surface area contributed by atoms with Crippen molar-refractivity contribution in [2.24, 2.45) is 12.8 Å². The number of benzene rings is 1. The van der Waals surface area contributed by atoms with Crippen LogP contribution in [0.15, 0.2) is 12.1 Å². The van der Waals surface area contributed by atoms with E-state index in [1.54, 1.807) is 0 Å². The number of fused-ring (bicyclic) bond motifs is 1. The molecule has 0 fully saturated rings. The molecule has 0 amide bonds. The van der Waals surface area contributed by atoms with E-state index in [4.69, 9.17) is 5.73 Å². The first kappa shape index (κ1) is 10.2. The van der Waals surface area contributed by atoms with Crippen LogP contribution in [-0.4, -0.2) is 9.55 Å². The van der Waals surface area contributed by atoms with Crippen LogP contribution in [0.4, 0.5) is 0 Å². The van der Waals surface area contributed by atoms with Crippen molar-refractivity contribution in [2.45, 2.75) is 26.8 Å². The van der Waals surface area contributed by atoms with Crippen molar-refractivity contribution >= 4 is 11.0 Å². The monoisotopic (exact) mass is 203 g/mol. The Morgan fingerprint density at radius 2 is 1.87 bits per heavy atom. The standard InChI is InChI=1S/C12H17N3/c1-7-5-10-11(6-8(7)2)15(4)12(14-10)9(3)13/h5-6,9H,13H2,1-4H3. The lowest BCUT2D eigenvalue weighted by Gasteiger charge is -2.05. The van der Waals surface area contributed by atoms with Gasteiger partial charge in [-0.15, -0.1) is 0 Å². The summed E-state index contributed by atoms with van der Waals surface area (Å²) >= 11 is 0. The highest BCUT2D eigenvalue weighted by molar-refractivity contribution is 5.78. The molecule has 2 rings (SSSR count). The molecule has 2 N–H and O–H groups in total. The minimum absolute atomic E-state index is 0.0250. The maximum atomic E-state index is 5.87. The second kappa shape index (κ2) is 3.35. The molecule has 1 unspecified atom stereocenters. The Kier molecular flexibility index (Phi) is 2.27. The third-order valence-electron chi connectivity index (χ3n) is 2.94. The minimum atomic E-state index is -0.0250. The second-order valence-electron chi connectivity index (χ2n) is 4.24. The van der Waals surface area contributed by atoms with Crippen LogP contribution in [0.3, 0.4) is 0 Å². The molecular formula is C12H17N3. The summed E-state index contributed by atoms with van der Waals surface area (Å²) < 4.78 is 2.08. The van der Waals surface area contributed by atoms with Crippen LogP contribution in [-0.2, 0) is 7.05 Å². The SMILES string of the molecule is Cc1cc2nc(C(C)N)n(C)c2cc1C. The number of hydrogen-bond acceptors (Lipinski definition) is 2. The van der Waals surface area contributed by atoms with Gasteiger partial charge < -0.3 is 10.3 Å². The smallest absolute Gasteiger partial charge is 0.126 e. The predicted octanol–water partition coefficient (Wildman–Crippen LogP) is 2.21. The highest BCUT2D eigenvalue weighted by Crippen LogP contribution is 2.21. The zero-order valence-corrected chi connectivity index (χ0v) is 9.70. The molecule has 3 heteroatoms. The van der Waals surface area contributed by atoms with E-state index in [0.717, 1.165) is 16.9 Å². The van der Waals surface area contributed by atoms with Gasteiger partial charge in [-0.05, 0) is 44.0 Å². The number of imidazole rings is 1. The maximum Gasteiger partial charge on any atom is 0.126 e. The van der Waals surface area contributed by atoms with Gasteiger partial charge in [-0.3, -0.25) is 0 Å². The predicted molar refractivity (Wildman–Crippen MR) is 62.8 cm³/mol. The van der Waals surface area contributed by atoms with Gasteiger partial charge in [0, 0.05) is 7.05 Å². The number of nitrogens with two attached hydrogens (primary N) is 1. The van der Waals surface area contributed by atoms with Gasteiger partial charge in [0.15, 0.2) is 0 Å². The third kappa shape index (κ3) is 1.53. The van der Waals surface area contributed by atoms with Crippen molar-refractivity contribution in [3.63, 3.8) is 0 Å². The van der Waals surface area contributed by atoms with Crippen molar-refractivity contribution in [1.82, 2.24) is 9.55 Å². The van der Waals surface area contributed by atoms with Crippen LogP contribution in [0.25, 0.3) is 11.0 Å². The lowest BCUT2D eigenvalue weighted by Crippen LogP contribution is -2.11. The fourth-order valence-corrected chi connectivity index (χ4v) is 1.87. The normalized spacial score (nSPS) is 13.4. The zero-order chi connectivity index (χ0) is 11.2. The Morgan fingerprint density at radius 3 is 2.47 bits per heavy atom. The molecule has 0 saturated heterocycles. The maximum absolute atomic E-state index is 5.87. The first-order valence-electron chi connectivity index (χ1n) is 5.20. The van der Waals surface area contributed by atoms with Gasteiger partial charge >= 0.3 is 0 Å². The van der Waals surface area contributed by atoms with Gasteiger partial charge in [0.1, 0.15) is 5.82 Å². The number of aromatic nitrogens is 2. The van der Waals surface area contributed by atoms with Crippen LogP contribution in [0.5, 0.6) is 0 Å². The number of nitrogens with zero attached hydrogens (tertiary/aromatic N) is 2. The van der Waals surface area contributed by atoms with Gasteiger partial charge in [-0.2, -0.15) is 0 Å². The van der Waals surface area contributed by atoms with E-state index < -0.39 is 0 Å². The molecule has 3 nitrogen and oxygen atoms in total. The quantitative estimate of drug-likeness (QED) is 0.772. The Hall–Kier alpha value is -1.35. The van der Waals surface area contributed by atoms with E-state index in [2.05, 4.69) is 35.5 Å². The summed E-state index contributed by atoms with van der Waals surface area (Å²) in [6.45, 7) is 6.18.